The van der Waals surface area contributed by atoms with Gasteiger partial charge in [0.2, 0.25) is 5.91 Å². The van der Waals surface area contributed by atoms with Crippen molar-refractivity contribution < 1.29 is 4.79 Å². The van der Waals surface area contributed by atoms with Crippen LogP contribution in [-0.2, 0) is 4.79 Å². The number of carbonyl (C=O) groups is 1. The molecule has 15 heavy (non-hydrogen) atoms. The monoisotopic (exact) mass is 230 g/mol. The maximum atomic E-state index is 11.6. The Morgan fingerprint density at radius 1 is 1.47 bits per heavy atom. The maximum absolute atomic E-state index is 11.6. The third-order valence-electron chi connectivity index (χ3n) is 2.92. The fourth-order valence-electron chi connectivity index (χ4n) is 1.95. The molecule has 0 unspecified atom stereocenters. The van der Waals surface area contributed by atoms with Gasteiger partial charge in [-0.1, -0.05) is 6.92 Å². The predicted molar refractivity (Wildman–Crippen MR) is 66.2 cm³/mol. The third-order valence-corrected chi connectivity index (χ3v) is 3.45. The van der Waals surface area contributed by atoms with Crippen molar-refractivity contribution >= 4 is 17.7 Å². The zero-order valence-corrected chi connectivity index (χ0v) is 10.6. The number of hydrogen-bond donors (Lipinski definition) is 1. The molecule has 88 valence electrons. The molecule has 0 bridgehead atoms. The normalized spacial score (nSPS) is 18.1. The van der Waals surface area contributed by atoms with Crippen LogP contribution in [0.5, 0.6) is 0 Å². The standard InChI is InChI=1S/C11H22N2OS/c1-3-12-8-10-4-6-13(7-5-10)11(14)9-15-2/h10,12H,3-9H2,1-2H3. The van der Waals surface area contributed by atoms with E-state index in [0.717, 1.165) is 44.9 Å². The van der Waals surface area contributed by atoms with Gasteiger partial charge >= 0.3 is 0 Å². The second-order valence-electron chi connectivity index (χ2n) is 4.06. The summed E-state index contributed by atoms with van der Waals surface area (Å²) in [5.74, 6) is 1.71. The summed E-state index contributed by atoms with van der Waals surface area (Å²) in [5.41, 5.74) is 0. The number of nitrogens with zero attached hydrogens (tertiary/aromatic N) is 1. The minimum Gasteiger partial charge on any atom is -0.342 e. The third kappa shape index (κ3) is 4.43. The number of rotatable bonds is 5. The van der Waals surface area contributed by atoms with E-state index in [0.29, 0.717) is 11.7 Å². The van der Waals surface area contributed by atoms with Gasteiger partial charge in [0.15, 0.2) is 0 Å². The van der Waals surface area contributed by atoms with Crippen molar-refractivity contribution in [2.45, 2.75) is 19.8 Å². The van der Waals surface area contributed by atoms with Crippen LogP contribution in [0.3, 0.4) is 0 Å². The topological polar surface area (TPSA) is 32.3 Å². The van der Waals surface area contributed by atoms with Crippen LogP contribution < -0.4 is 5.32 Å². The summed E-state index contributed by atoms with van der Waals surface area (Å²) in [4.78, 5) is 13.6. The lowest BCUT2D eigenvalue weighted by Gasteiger charge is -2.32. The van der Waals surface area contributed by atoms with Crippen LogP contribution in [0.4, 0.5) is 0 Å². The Kier molecular flexibility index (Phi) is 6.10. The van der Waals surface area contributed by atoms with Crippen LogP contribution in [0.1, 0.15) is 19.8 Å². The zero-order chi connectivity index (χ0) is 11.1. The number of thioether (sulfide) groups is 1. The molecule has 0 aromatic carbocycles. The van der Waals surface area contributed by atoms with Crippen molar-refractivity contribution in [1.29, 1.82) is 0 Å². The first-order valence-corrected chi connectivity index (χ1v) is 7.14. The molecule has 1 rings (SSSR count). The number of amides is 1. The van der Waals surface area contributed by atoms with Crippen molar-refractivity contribution in [2.75, 3.05) is 38.2 Å². The average molecular weight is 230 g/mol. The molecule has 1 fully saturated rings. The van der Waals surface area contributed by atoms with E-state index >= 15 is 0 Å². The number of hydrogen-bond acceptors (Lipinski definition) is 3. The van der Waals surface area contributed by atoms with Gasteiger partial charge in [-0.25, -0.2) is 0 Å². The summed E-state index contributed by atoms with van der Waals surface area (Å²) in [6.07, 6.45) is 4.30. The molecule has 0 atom stereocenters. The molecule has 0 aromatic heterocycles. The van der Waals surface area contributed by atoms with Crippen molar-refractivity contribution in [2.24, 2.45) is 5.92 Å². The second kappa shape index (κ2) is 7.12. The summed E-state index contributed by atoms with van der Waals surface area (Å²) < 4.78 is 0. The van der Waals surface area contributed by atoms with Gasteiger partial charge in [0.1, 0.15) is 0 Å². The molecule has 1 aliphatic rings. The second-order valence-corrected chi connectivity index (χ2v) is 4.93. The van der Waals surface area contributed by atoms with Crippen LogP contribution in [0.25, 0.3) is 0 Å². The molecule has 0 spiro atoms. The molecule has 0 aromatic rings. The van der Waals surface area contributed by atoms with E-state index in [9.17, 15) is 4.79 Å². The highest BCUT2D eigenvalue weighted by molar-refractivity contribution is 7.99. The summed E-state index contributed by atoms with van der Waals surface area (Å²) in [5, 5.41) is 3.38. The van der Waals surface area contributed by atoms with Crippen LogP contribution in [0, 0.1) is 5.92 Å². The molecule has 4 heteroatoms. The zero-order valence-electron chi connectivity index (χ0n) is 9.79. The lowest BCUT2D eigenvalue weighted by atomic mass is 9.97. The highest BCUT2D eigenvalue weighted by atomic mass is 32.2. The molecular formula is C11H22N2OS. The van der Waals surface area contributed by atoms with Crippen LogP contribution in [0.15, 0.2) is 0 Å². The van der Waals surface area contributed by atoms with Crippen LogP contribution >= 0.6 is 11.8 Å². The fraction of sp³-hybridized carbons (Fsp3) is 0.909. The average Bonchev–Trinajstić information content (AvgIpc) is 2.27. The first kappa shape index (κ1) is 12.8. The predicted octanol–water partition coefficient (Wildman–Crippen LogP) is 1.20. The number of piperidine rings is 1. The summed E-state index contributed by atoms with van der Waals surface area (Å²) in [6, 6.07) is 0. The van der Waals surface area contributed by atoms with Crippen molar-refractivity contribution in [3.63, 3.8) is 0 Å². The van der Waals surface area contributed by atoms with Gasteiger partial charge in [-0.05, 0) is 38.1 Å². The molecule has 1 N–H and O–H groups in total. The van der Waals surface area contributed by atoms with E-state index < -0.39 is 0 Å². The number of likely N-dealkylation sites (tertiary alicyclic amines) is 1. The highest BCUT2D eigenvalue weighted by Gasteiger charge is 2.21. The van der Waals surface area contributed by atoms with Crippen LogP contribution in [-0.4, -0.2) is 49.0 Å². The molecule has 1 heterocycles. The van der Waals surface area contributed by atoms with Gasteiger partial charge in [-0.2, -0.15) is 11.8 Å². The Morgan fingerprint density at radius 2 is 2.13 bits per heavy atom. The van der Waals surface area contributed by atoms with E-state index in [-0.39, 0.29) is 0 Å². The van der Waals surface area contributed by atoms with Crippen molar-refractivity contribution in [1.82, 2.24) is 10.2 Å². The number of carbonyl (C=O) groups excluding carboxylic acids is 1. The first-order chi connectivity index (χ1) is 7.27. The Labute approximate surface area is 97.0 Å². The summed E-state index contributed by atoms with van der Waals surface area (Å²) in [7, 11) is 0. The Hall–Kier alpha value is -0.220. The van der Waals surface area contributed by atoms with Crippen molar-refractivity contribution in [3.8, 4) is 0 Å². The van der Waals surface area contributed by atoms with Gasteiger partial charge < -0.3 is 10.2 Å². The molecule has 1 amide bonds. The first-order valence-electron chi connectivity index (χ1n) is 5.75. The smallest absolute Gasteiger partial charge is 0.232 e. The lowest BCUT2D eigenvalue weighted by Crippen LogP contribution is -2.41. The fourth-order valence-corrected chi connectivity index (χ4v) is 2.38. The molecule has 0 saturated carbocycles. The van der Waals surface area contributed by atoms with Gasteiger partial charge in [-0.15, -0.1) is 0 Å². The molecular weight excluding hydrogens is 208 g/mol. The van der Waals surface area contributed by atoms with E-state index in [2.05, 4.69) is 12.2 Å². The minimum atomic E-state index is 0.310. The molecule has 3 nitrogen and oxygen atoms in total. The minimum absolute atomic E-state index is 0.310. The molecule has 0 aliphatic carbocycles. The van der Waals surface area contributed by atoms with Crippen LogP contribution in [0.2, 0.25) is 0 Å². The van der Waals surface area contributed by atoms with Crippen molar-refractivity contribution in [3.05, 3.63) is 0 Å². The van der Waals surface area contributed by atoms with Gasteiger partial charge in [0, 0.05) is 13.1 Å². The molecule has 1 aliphatic heterocycles. The van der Waals surface area contributed by atoms with Gasteiger partial charge in [0.05, 0.1) is 5.75 Å². The maximum Gasteiger partial charge on any atom is 0.232 e. The number of nitrogens with one attached hydrogen (secondary N) is 1. The summed E-state index contributed by atoms with van der Waals surface area (Å²) in [6.45, 7) is 6.20. The quantitative estimate of drug-likeness (QED) is 0.770. The van der Waals surface area contributed by atoms with Gasteiger partial charge in [-0.3, -0.25) is 4.79 Å². The lowest BCUT2D eigenvalue weighted by molar-refractivity contribution is -0.129. The SMILES string of the molecule is CCNCC1CCN(C(=O)CSC)CC1. The molecule has 1 saturated heterocycles. The van der Waals surface area contributed by atoms with E-state index in [1.807, 2.05) is 11.2 Å². The largest absolute Gasteiger partial charge is 0.342 e. The van der Waals surface area contributed by atoms with E-state index in [4.69, 9.17) is 0 Å². The summed E-state index contributed by atoms with van der Waals surface area (Å²) >= 11 is 1.61. The van der Waals surface area contributed by atoms with E-state index in [1.165, 1.54) is 0 Å². The van der Waals surface area contributed by atoms with Gasteiger partial charge in [0.25, 0.3) is 0 Å². The highest BCUT2D eigenvalue weighted by Crippen LogP contribution is 2.16. The Morgan fingerprint density at radius 3 is 2.67 bits per heavy atom. The van der Waals surface area contributed by atoms with E-state index in [1.54, 1.807) is 11.8 Å². The Balaban J connectivity index is 2.20. The molecule has 0 radical (unpaired) electrons. The Bertz CT molecular complexity index is 191.